The lowest BCUT2D eigenvalue weighted by Gasteiger charge is -2.57. The minimum atomic E-state index is 0.231. The molecule has 4 heteroatoms. The molecule has 0 bridgehead atoms. The van der Waals surface area contributed by atoms with E-state index in [4.69, 9.17) is 9.72 Å². The Morgan fingerprint density at radius 2 is 1.78 bits per heavy atom. The van der Waals surface area contributed by atoms with Gasteiger partial charge in [-0.15, -0.1) is 0 Å². The average Bonchev–Trinajstić information content (AvgIpc) is 3.48. The van der Waals surface area contributed by atoms with Crippen molar-refractivity contribution in [2.45, 2.75) is 71.5 Å². The summed E-state index contributed by atoms with van der Waals surface area (Å²) in [5.41, 5.74) is 7.11. The zero-order valence-corrected chi connectivity index (χ0v) is 21.6. The number of fused-ring (bicyclic) bond motifs is 6. The van der Waals surface area contributed by atoms with E-state index in [1.807, 2.05) is 18.3 Å². The summed E-state index contributed by atoms with van der Waals surface area (Å²) >= 11 is 0. The van der Waals surface area contributed by atoms with Crippen LogP contribution in [0.3, 0.4) is 0 Å². The number of pyridine rings is 1. The van der Waals surface area contributed by atoms with Crippen molar-refractivity contribution >= 4 is 16.7 Å². The molecule has 3 aromatic rings. The molecule has 36 heavy (non-hydrogen) atoms. The highest BCUT2D eigenvalue weighted by Gasteiger charge is 2.57. The second-order valence-electron chi connectivity index (χ2n) is 12.1. The number of aromatic nitrogens is 3. The molecule has 2 heterocycles. The number of benzene rings is 1. The maximum atomic E-state index is 6.35. The summed E-state index contributed by atoms with van der Waals surface area (Å²) in [4.78, 5) is 9.16. The van der Waals surface area contributed by atoms with Crippen LogP contribution in [0.2, 0.25) is 0 Å². The molecule has 1 aromatic carbocycles. The minimum Gasteiger partial charge on any atom is -0.372 e. The standard InChI is InChI=1S/C32H37N3O/c1-31-16-14-24(36-20-23-7-5-6-18-33-23)19-22(31)10-11-25-26-12-13-30(32(26,2)17-15-27(25)31)35-21-34-28-8-3-4-9-29(28)35/h3-10,13,18,21,24-27H,11-12,14-17,19-20H2,1-2H3/t24-,25-,26-,27-,31-,32-/m0/s1. The van der Waals surface area contributed by atoms with Crippen LogP contribution in [0.4, 0.5) is 0 Å². The number of hydrogen-bond acceptors (Lipinski definition) is 3. The summed E-state index contributed by atoms with van der Waals surface area (Å²) in [5, 5.41) is 0. The third-order valence-corrected chi connectivity index (χ3v) is 10.5. The molecule has 0 aliphatic heterocycles. The van der Waals surface area contributed by atoms with Gasteiger partial charge in [0.1, 0.15) is 6.33 Å². The Kier molecular flexibility index (Phi) is 5.25. The van der Waals surface area contributed by atoms with Crippen LogP contribution in [-0.2, 0) is 11.3 Å². The number of hydrogen-bond donors (Lipinski definition) is 0. The van der Waals surface area contributed by atoms with Crippen molar-refractivity contribution in [2.75, 3.05) is 0 Å². The molecule has 4 nitrogen and oxygen atoms in total. The zero-order valence-electron chi connectivity index (χ0n) is 21.6. The summed E-state index contributed by atoms with van der Waals surface area (Å²) in [6.07, 6.45) is 18.0. The van der Waals surface area contributed by atoms with E-state index in [1.54, 1.807) is 5.57 Å². The molecule has 2 aromatic heterocycles. The summed E-state index contributed by atoms with van der Waals surface area (Å²) in [6.45, 7) is 5.75. The van der Waals surface area contributed by atoms with Crippen molar-refractivity contribution in [3.63, 3.8) is 0 Å². The van der Waals surface area contributed by atoms with E-state index < -0.39 is 0 Å². The van der Waals surface area contributed by atoms with Crippen LogP contribution >= 0.6 is 0 Å². The summed E-state index contributed by atoms with van der Waals surface area (Å²) in [5.74, 6) is 2.28. The zero-order chi connectivity index (χ0) is 24.3. The van der Waals surface area contributed by atoms with Gasteiger partial charge in [-0.25, -0.2) is 4.98 Å². The number of allylic oxidation sites excluding steroid dienone is 3. The quantitative estimate of drug-likeness (QED) is 0.365. The molecule has 4 aliphatic rings. The lowest BCUT2D eigenvalue weighted by atomic mass is 9.47. The normalized spacial score (nSPS) is 35.5. The molecule has 0 amide bonds. The van der Waals surface area contributed by atoms with Gasteiger partial charge < -0.3 is 9.30 Å². The second kappa shape index (κ2) is 8.41. The molecule has 7 rings (SSSR count). The third kappa shape index (κ3) is 3.37. The van der Waals surface area contributed by atoms with Crippen LogP contribution in [0.25, 0.3) is 16.7 Å². The Balaban J connectivity index is 1.11. The SMILES string of the molecule is C[C@]12CC[C@H](OCc3ccccn3)CC1=CC[C@@H]1[C@@H]2CC[C@]2(C)C(n3cnc4ccccc43)=CC[C@@H]12. The largest absolute Gasteiger partial charge is 0.372 e. The number of nitrogens with zero attached hydrogens (tertiary/aromatic N) is 3. The van der Waals surface area contributed by atoms with Gasteiger partial charge in [-0.1, -0.05) is 49.8 Å². The minimum absolute atomic E-state index is 0.231. The van der Waals surface area contributed by atoms with Gasteiger partial charge in [-0.3, -0.25) is 4.98 Å². The topological polar surface area (TPSA) is 39.9 Å². The highest BCUT2D eigenvalue weighted by Crippen LogP contribution is 2.65. The molecule has 2 fully saturated rings. The molecule has 0 N–H and O–H groups in total. The summed E-state index contributed by atoms with van der Waals surface area (Å²) < 4.78 is 8.75. The lowest BCUT2D eigenvalue weighted by molar-refractivity contribution is -0.0432. The number of imidazole rings is 1. The first-order valence-corrected chi connectivity index (χ1v) is 13.9. The van der Waals surface area contributed by atoms with Gasteiger partial charge in [0.2, 0.25) is 0 Å². The van der Waals surface area contributed by atoms with E-state index >= 15 is 0 Å². The molecule has 4 aliphatic carbocycles. The highest BCUT2D eigenvalue weighted by molar-refractivity contribution is 5.80. The van der Waals surface area contributed by atoms with Crippen molar-refractivity contribution < 1.29 is 4.74 Å². The third-order valence-electron chi connectivity index (χ3n) is 10.5. The van der Waals surface area contributed by atoms with Crippen LogP contribution in [0.15, 0.2) is 72.7 Å². The summed E-state index contributed by atoms with van der Waals surface area (Å²) in [7, 11) is 0. The number of ether oxygens (including phenoxy) is 1. The molecule has 0 saturated heterocycles. The fraction of sp³-hybridized carbons (Fsp3) is 0.500. The molecular formula is C32H37N3O. The van der Waals surface area contributed by atoms with Crippen molar-refractivity contribution in [1.82, 2.24) is 14.5 Å². The van der Waals surface area contributed by atoms with E-state index in [0.29, 0.717) is 18.1 Å². The lowest BCUT2D eigenvalue weighted by Crippen LogP contribution is -2.50. The summed E-state index contributed by atoms with van der Waals surface area (Å²) in [6, 6.07) is 14.6. The maximum Gasteiger partial charge on any atom is 0.100 e. The Morgan fingerprint density at radius 3 is 2.67 bits per heavy atom. The van der Waals surface area contributed by atoms with Crippen LogP contribution in [-0.4, -0.2) is 20.6 Å². The fourth-order valence-electron chi connectivity index (χ4n) is 8.53. The first kappa shape index (κ1) is 22.5. The van der Waals surface area contributed by atoms with Gasteiger partial charge in [-0.2, -0.15) is 0 Å². The molecule has 186 valence electrons. The predicted octanol–water partition coefficient (Wildman–Crippen LogP) is 7.43. The van der Waals surface area contributed by atoms with Crippen LogP contribution < -0.4 is 0 Å². The predicted molar refractivity (Wildman–Crippen MR) is 144 cm³/mol. The molecule has 6 atom stereocenters. The monoisotopic (exact) mass is 479 g/mol. The molecule has 0 radical (unpaired) electrons. The number of para-hydroxylation sites is 2. The molecule has 0 unspecified atom stereocenters. The van der Waals surface area contributed by atoms with E-state index in [1.165, 1.54) is 43.3 Å². The smallest absolute Gasteiger partial charge is 0.100 e. The first-order chi connectivity index (χ1) is 17.6. The maximum absolute atomic E-state index is 6.35. The van der Waals surface area contributed by atoms with Gasteiger partial charge >= 0.3 is 0 Å². The fourth-order valence-corrected chi connectivity index (χ4v) is 8.53. The Labute approximate surface area is 214 Å². The van der Waals surface area contributed by atoms with Crippen molar-refractivity contribution in [3.05, 3.63) is 78.4 Å². The first-order valence-electron chi connectivity index (χ1n) is 13.9. The van der Waals surface area contributed by atoms with E-state index in [2.05, 4.69) is 72.2 Å². The average molecular weight is 480 g/mol. The van der Waals surface area contributed by atoms with Crippen LogP contribution in [0, 0.1) is 28.6 Å². The van der Waals surface area contributed by atoms with E-state index in [0.717, 1.165) is 41.8 Å². The number of rotatable bonds is 4. The molecule has 2 saturated carbocycles. The Morgan fingerprint density at radius 1 is 0.917 bits per heavy atom. The van der Waals surface area contributed by atoms with Crippen LogP contribution in [0.5, 0.6) is 0 Å². The van der Waals surface area contributed by atoms with Crippen molar-refractivity contribution in [1.29, 1.82) is 0 Å². The van der Waals surface area contributed by atoms with Gasteiger partial charge in [0.05, 0.1) is 29.4 Å². The molecule has 0 spiro atoms. The molecular weight excluding hydrogens is 442 g/mol. The van der Waals surface area contributed by atoms with Gasteiger partial charge in [0, 0.05) is 17.3 Å². The highest BCUT2D eigenvalue weighted by atomic mass is 16.5. The Bertz CT molecular complexity index is 1340. The van der Waals surface area contributed by atoms with E-state index in [9.17, 15) is 0 Å². The van der Waals surface area contributed by atoms with Crippen molar-refractivity contribution in [3.8, 4) is 0 Å². The second-order valence-corrected chi connectivity index (χ2v) is 12.1. The van der Waals surface area contributed by atoms with E-state index in [-0.39, 0.29) is 5.41 Å². The Hall–Kier alpha value is -2.72. The van der Waals surface area contributed by atoms with Gasteiger partial charge in [0.15, 0.2) is 0 Å². The van der Waals surface area contributed by atoms with Gasteiger partial charge in [0.25, 0.3) is 0 Å². The van der Waals surface area contributed by atoms with Crippen LogP contribution in [0.1, 0.15) is 64.5 Å². The van der Waals surface area contributed by atoms with Crippen molar-refractivity contribution in [2.24, 2.45) is 28.6 Å². The van der Waals surface area contributed by atoms with Gasteiger partial charge in [-0.05, 0) is 92.4 Å².